The maximum absolute atomic E-state index is 12.0. The number of esters is 1. The van der Waals surface area contributed by atoms with E-state index in [0.717, 1.165) is 0 Å². The standard InChI is InChI=1S/C14H25NO3/c1-6-18-10(16)8-7-9-15-12(17)11-13(2,3)14(11,4)5/h11H,6-9H2,1-5H3,(H,15,17). The van der Waals surface area contributed by atoms with Crippen molar-refractivity contribution in [2.75, 3.05) is 13.2 Å². The first-order chi connectivity index (χ1) is 8.25. The molecule has 0 heterocycles. The number of rotatable bonds is 6. The van der Waals surface area contributed by atoms with Crippen LogP contribution in [0.1, 0.15) is 47.5 Å². The second kappa shape index (κ2) is 5.29. The summed E-state index contributed by atoms with van der Waals surface area (Å²) in [7, 11) is 0. The van der Waals surface area contributed by atoms with Gasteiger partial charge in [-0.2, -0.15) is 0 Å². The van der Waals surface area contributed by atoms with Crippen molar-refractivity contribution >= 4 is 11.9 Å². The van der Waals surface area contributed by atoms with E-state index in [1.165, 1.54) is 0 Å². The van der Waals surface area contributed by atoms with Crippen molar-refractivity contribution in [1.29, 1.82) is 0 Å². The molecule has 1 rings (SSSR count). The molecule has 0 aromatic heterocycles. The highest BCUT2D eigenvalue weighted by Crippen LogP contribution is 2.68. The Morgan fingerprint density at radius 1 is 1.17 bits per heavy atom. The molecule has 4 heteroatoms. The average Bonchev–Trinajstić information content (AvgIpc) is 2.65. The number of carbonyl (C=O) groups excluding carboxylic acids is 2. The number of ether oxygens (including phenoxy) is 1. The second-order valence-electron chi connectivity index (χ2n) is 6.08. The minimum absolute atomic E-state index is 0.0677. The SMILES string of the molecule is CCOC(=O)CCCNC(=O)C1C(C)(C)C1(C)C. The lowest BCUT2D eigenvalue weighted by atomic mass is 10.0. The highest BCUT2D eigenvalue weighted by Gasteiger charge is 2.68. The Bertz CT molecular complexity index is 320. The molecule has 1 fully saturated rings. The lowest BCUT2D eigenvalue weighted by molar-refractivity contribution is -0.143. The molecule has 0 radical (unpaired) electrons. The first-order valence-electron chi connectivity index (χ1n) is 6.68. The smallest absolute Gasteiger partial charge is 0.305 e. The molecule has 0 atom stereocenters. The molecule has 18 heavy (non-hydrogen) atoms. The van der Waals surface area contributed by atoms with Crippen LogP contribution in [0.5, 0.6) is 0 Å². The van der Waals surface area contributed by atoms with Gasteiger partial charge in [-0.15, -0.1) is 0 Å². The van der Waals surface area contributed by atoms with Gasteiger partial charge in [0.1, 0.15) is 0 Å². The summed E-state index contributed by atoms with van der Waals surface area (Å²) in [6.07, 6.45) is 1.00. The third-order valence-corrected chi connectivity index (χ3v) is 4.45. The number of carbonyl (C=O) groups is 2. The van der Waals surface area contributed by atoms with Gasteiger partial charge in [0.25, 0.3) is 0 Å². The maximum atomic E-state index is 12.0. The molecule has 0 aromatic rings. The van der Waals surface area contributed by atoms with Crippen LogP contribution in [0.25, 0.3) is 0 Å². The lowest BCUT2D eigenvalue weighted by Crippen LogP contribution is -2.28. The van der Waals surface area contributed by atoms with Gasteiger partial charge in [-0.25, -0.2) is 0 Å². The minimum atomic E-state index is -0.196. The highest BCUT2D eigenvalue weighted by molar-refractivity contribution is 5.84. The number of nitrogens with one attached hydrogen (secondary N) is 1. The van der Waals surface area contributed by atoms with E-state index in [1.54, 1.807) is 6.92 Å². The zero-order valence-electron chi connectivity index (χ0n) is 12.1. The van der Waals surface area contributed by atoms with Crippen LogP contribution in [0.2, 0.25) is 0 Å². The van der Waals surface area contributed by atoms with Crippen LogP contribution in [0.15, 0.2) is 0 Å². The lowest BCUT2D eigenvalue weighted by Gasteiger charge is -2.06. The van der Waals surface area contributed by atoms with Gasteiger partial charge < -0.3 is 10.1 Å². The van der Waals surface area contributed by atoms with Crippen molar-refractivity contribution < 1.29 is 14.3 Å². The van der Waals surface area contributed by atoms with E-state index in [2.05, 4.69) is 33.0 Å². The summed E-state index contributed by atoms with van der Waals surface area (Å²) in [5.41, 5.74) is 0.135. The topological polar surface area (TPSA) is 55.4 Å². The first-order valence-corrected chi connectivity index (χ1v) is 6.68. The number of hydrogen-bond acceptors (Lipinski definition) is 3. The fourth-order valence-corrected chi connectivity index (χ4v) is 2.63. The van der Waals surface area contributed by atoms with Crippen LogP contribution in [-0.4, -0.2) is 25.0 Å². The van der Waals surface area contributed by atoms with Gasteiger partial charge in [0, 0.05) is 18.9 Å². The molecule has 0 aliphatic heterocycles. The van der Waals surface area contributed by atoms with Crippen molar-refractivity contribution in [3.63, 3.8) is 0 Å². The quantitative estimate of drug-likeness (QED) is 0.584. The molecule has 1 aliphatic rings. The molecule has 4 nitrogen and oxygen atoms in total. The van der Waals surface area contributed by atoms with Crippen molar-refractivity contribution in [1.82, 2.24) is 5.32 Å². The Morgan fingerprint density at radius 2 is 1.72 bits per heavy atom. The molecule has 1 saturated carbocycles. The molecule has 1 aliphatic carbocycles. The summed E-state index contributed by atoms with van der Waals surface area (Å²) in [5.74, 6) is -0.0136. The van der Waals surface area contributed by atoms with Gasteiger partial charge in [0.05, 0.1) is 6.61 Å². The zero-order valence-corrected chi connectivity index (χ0v) is 12.1. The van der Waals surface area contributed by atoms with Crippen LogP contribution in [0, 0.1) is 16.7 Å². The predicted molar refractivity (Wildman–Crippen MR) is 69.9 cm³/mol. The summed E-state index contributed by atoms with van der Waals surface area (Å²) >= 11 is 0. The molecule has 0 aromatic carbocycles. The van der Waals surface area contributed by atoms with E-state index in [9.17, 15) is 9.59 Å². The van der Waals surface area contributed by atoms with Crippen molar-refractivity contribution in [3.8, 4) is 0 Å². The van der Waals surface area contributed by atoms with E-state index >= 15 is 0 Å². The molecule has 1 N–H and O–H groups in total. The number of amides is 1. The van der Waals surface area contributed by atoms with Crippen LogP contribution in [0.3, 0.4) is 0 Å². The van der Waals surface area contributed by atoms with Crippen LogP contribution < -0.4 is 5.32 Å². The van der Waals surface area contributed by atoms with Gasteiger partial charge >= 0.3 is 5.97 Å². The first kappa shape index (κ1) is 15.0. The van der Waals surface area contributed by atoms with E-state index in [0.29, 0.717) is 26.0 Å². The molecule has 0 bridgehead atoms. The molecular formula is C14H25NO3. The van der Waals surface area contributed by atoms with E-state index in [-0.39, 0.29) is 28.6 Å². The van der Waals surface area contributed by atoms with Crippen LogP contribution in [-0.2, 0) is 14.3 Å². The molecule has 0 saturated heterocycles. The third-order valence-electron chi connectivity index (χ3n) is 4.45. The zero-order chi connectivity index (χ0) is 14.0. The Balaban J connectivity index is 2.22. The summed E-state index contributed by atoms with van der Waals surface area (Å²) in [6.45, 7) is 11.2. The molecular weight excluding hydrogens is 230 g/mol. The fourth-order valence-electron chi connectivity index (χ4n) is 2.63. The Morgan fingerprint density at radius 3 is 2.17 bits per heavy atom. The normalized spacial score (nSPS) is 20.3. The van der Waals surface area contributed by atoms with Gasteiger partial charge in [0.15, 0.2) is 0 Å². The van der Waals surface area contributed by atoms with Gasteiger partial charge in [0.2, 0.25) is 5.91 Å². The predicted octanol–water partition coefficient (Wildman–Crippen LogP) is 2.13. The number of hydrogen-bond donors (Lipinski definition) is 1. The fraction of sp³-hybridized carbons (Fsp3) is 0.857. The monoisotopic (exact) mass is 255 g/mol. The average molecular weight is 255 g/mol. The summed E-state index contributed by atoms with van der Waals surface area (Å²) in [5, 5.41) is 2.91. The Labute approximate surface area is 109 Å². The largest absolute Gasteiger partial charge is 0.466 e. The molecule has 104 valence electrons. The van der Waals surface area contributed by atoms with Crippen LogP contribution >= 0.6 is 0 Å². The summed E-state index contributed by atoms with van der Waals surface area (Å²) < 4.78 is 4.82. The van der Waals surface area contributed by atoms with Crippen molar-refractivity contribution in [2.45, 2.75) is 47.5 Å². The maximum Gasteiger partial charge on any atom is 0.305 e. The second-order valence-corrected chi connectivity index (χ2v) is 6.08. The third kappa shape index (κ3) is 2.85. The van der Waals surface area contributed by atoms with E-state index in [4.69, 9.17) is 4.74 Å². The van der Waals surface area contributed by atoms with E-state index in [1.807, 2.05) is 0 Å². The summed E-state index contributed by atoms with van der Waals surface area (Å²) in [4.78, 5) is 23.1. The molecule has 0 unspecified atom stereocenters. The highest BCUT2D eigenvalue weighted by atomic mass is 16.5. The van der Waals surface area contributed by atoms with E-state index < -0.39 is 0 Å². The minimum Gasteiger partial charge on any atom is -0.466 e. The summed E-state index contributed by atoms with van der Waals surface area (Å²) in [6, 6.07) is 0. The van der Waals surface area contributed by atoms with Gasteiger partial charge in [-0.05, 0) is 24.2 Å². The van der Waals surface area contributed by atoms with Gasteiger partial charge in [-0.1, -0.05) is 27.7 Å². The van der Waals surface area contributed by atoms with Gasteiger partial charge in [-0.3, -0.25) is 9.59 Å². The Hall–Kier alpha value is -1.06. The Kier molecular flexibility index (Phi) is 4.41. The molecule has 1 amide bonds. The van der Waals surface area contributed by atoms with Crippen molar-refractivity contribution in [3.05, 3.63) is 0 Å². The molecule has 0 spiro atoms. The van der Waals surface area contributed by atoms with Crippen molar-refractivity contribution in [2.24, 2.45) is 16.7 Å². The van der Waals surface area contributed by atoms with Crippen LogP contribution in [0.4, 0.5) is 0 Å².